The minimum atomic E-state index is 0. The zero-order valence-electron chi connectivity index (χ0n) is 12.6. The first-order valence-corrected chi connectivity index (χ1v) is 5.91. The Balaban J connectivity index is -0.0000000215. The van der Waals surface area contributed by atoms with Crippen molar-refractivity contribution in [2.75, 3.05) is 6.61 Å². The van der Waals surface area contributed by atoms with E-state index >= 15 is 0 Å². The molecule has 2 heteroatoms. The smallest absolute Gasteiger partial charge is 0.396 e. The van der Waals surface area contributed by atoms with E-state index in [9.17, 15) is 0 Å². The van der Waals surface area contributed by atoms with Crippen molar-refractivity contribution in [3.05, 3.63) is 14.4 Å². The molecule has 0 bridgehead atoms. The van der Waals surface area contributed by atoms with E-state index in [0.717, 1.165) is 12.8 Å². The maximum absolute atomic E-state index is 8.79. The summed E-state index contributed by atoms with van der Waals surface area (Å²) < 4.78 is 0. The van der Waals surface area contributed by atoms with Gasteiger partial charge >= 0.3 is 17.4 Å². The largest absolute Gasteiger partial charge is 2.00 e. The van der Waals surface area contributed by atoms with Gasteiger partial charge in [-0.05, 0) is 18.3 Å². The monoisotopic (exact) mass is 302 g/mol. The third kappa shape index (κ3) is 36.0. The van der Waals surface area contributed by atoms with Gasteiger partial charge < -0.3 is 19.5 Å². The molecule has 0 saturated carbocycles. The van der Waals surface area contributed by atoms with Gasteiger partial charge in [-0.2, -0.15) is 6.92 Å². The first-order valence-electron chi connectivity index (χ1n) is 5.91. The Morgan fingerprint density at radius 2 is 1.11 bits per heavy atom. The maximum atomic E-state index is 8.79. The van der Waals surface area contributed by atoms with Crippen molar-refractivity contribution in [3.63, 3.8) is 0 Å². The van der Waals surface area contributed by atoms with Crippen LogP contribution in [0.2, 0.25) is 0 Å². The van der Waals surface area contributed by atoms with Gasteiger partial charge in [-0.1, -0.05) is 62.3 Å². The average molecular weight is 303 g/mol. The Morgan fingerprint density at radius 1 is 0.889 bits per heavy atom. The van der Waals surface area contributed by atoms with E-state index in [1.165, 1.54) is 12.8 Å². The quantitative estimate of drug-likeness (QED) is 0.615. The molecule has 0 aromatic heterocycles. The Labute approximate surface area is 131 Å². The predicted molar refractivity (Wildman–Crippen MR) is 87.3 cm³/mol. The molecule has 0 atom stereocenters. The van der Waals surface area contributed by atoms with Crippen LogP contribution < -0.4 is 0 Å². The summed E-state index contributed by atoms with van der Waals surface area (Å²) in [7, 11) is 0. The van der Waals surface area contributed by atoms with Crippen LogP contribution in [0.15, 0.2) is 0 Å². The van der Waals surface area contributed by atoms with Gasteiger partial charge in [0.15, 0.2) is 0 Å². The van der Waals surface area contributed by atoms with E-state index in [1.807, 2.05) is 0 Å². The van der Waals surface area contributed by atoms with Gasteiger partial charge in [0.05, 0.1) is 0 Å². The number of aliphatic hydroxyl groups excluding tert-OH is 1. The molecule has 0 fully saturated rings. The Hall–Kier alpha value is 0.492. The molecule has 0 amide bonds. The number of unbranched alkanes of at least 4 members (excludes halogenated alkanes) is 1. The molecule has 0 aliphatic carbocycles. The van der Waals surface area contributed by atoms with Crippen molar-refractivity contribution >= 4 is 0 Å². The summed E-state index contributed by atoms with van der Waals surface area (Å²) in [4.78, 5) is 0. The summed E-state index contributed by atoms with van der Waals surface area (Å²) in [5.74, 6) is 0. The molecule has 0 radical (unpaired) electrons. The molecule has 0 heterocycles. The van der Waals surface area contributed by atoms with Crippen LogP contribution in [0.1, 0.15) is 82.1 Å². The molecule has 0 unspecified atom stereocenters. The van der Waals surface area contributed by atoms with Crippen molar-refractivity contribution in [1.82, 2.24) is 0 Å². The summed E-state index contributed by atoms with van der Waals surface area (Å²) in [6.45, 7) is 16.0. The van der Waals surface area contributed by atoms with E-state index in [2.05, 4.69) is 41.5 Å². The van der Waals surface area contributed by atoms with Crippen LogP contribution in [0.5, 0.6) is 0 Å². The number of hydrogen-bond acceptors (Lipinski definition) is 1. The van der Waals surface area contributed by atoms with E-state index < -0.39 is 0 Å². The third-order valence-electron chi connectivity index (χ3n) is 2.59. The fourth-order valence-corrected chi connectivity index (χ4v) is 0.474. The molecule has 18 heavy (non-hydrogen) atoms. The van der Waals surface area contributed by atoms with Crippen molar-refractivity contribution in [2.45, 2.75) is 82.1 Å². The molecular formula is C16H42CrO. The predicted octanol–water partition coefficient (Wildman–Crippen LogP) is 6.17. The average Bonchev–Trinajstić information content (AvgIpc) is 2.31. The summed E-state index contributed by atoms with van der Waals surface area (Å²) in [5, 5.41) is 8.79. The molecule has 118 valence electrons. The van der Waals surface area contributed by atoms with Crippen LogP contribution in [-0.2, 0) is 17.4 Å². The minimum absolute atomic E-state index is 0. The molecule has 0 aliphatic rings. The van der Waals surface area contributed by atoms with Crippen LogP contribution in [0.3, 0.4) is 0 Å². The summed E-state index contributed by atoms with van der Waals surface area (Å²) in [5.41, 5.74) is 0.181. The zero-order chi connectivity index (χ0) is 12.0. The van der Waals surface area contributed by atoms with Gasteiger partial charge in [-0.25, -0.2) is 0 Å². The summed E-state index contributed by atoms with van der Waals surface area (Å²) >= 11 is 0. The van der Waals surface area contributed by atoms with Gasteiger partial charge in [0.25, 0.3) is 0 Å². The van der Waals surface area contributed by atoms with Crippen LogP contribution in [0, 0.1) is 19.8 Å². The third-order valence-corrected chi connectivity index (χ3v) is 2.59. The van der Waals surface area contributed by atoms with Crippen molar-refractivity contribution in [1.29, 1.82) is 0 Å². The van der Waals surface area contributed by atoms with Crippen LogP contribution >= 0.6 is 0 Å². The molecule has 0 spiro atoms. The van der Waals surface area contributed by atoms with E-state index in [0.29, 0.717) is 6.61 Å². The second kappa shape index (κ2) is 36.0. The summed E-state index contributed by atoms with van der Waals surface area (Å²) in [6, 6.07) is 0. The normalized spacial score (nSPS) is 7.33. The van der Waals surface area contributed by atoms with Crippen molar-refractivity contribution < 1.29 is 22.5 Å². The van der Waals surface area contributed by atoms with Crippen molar-refractivity contribution in [3.8, 4) is 0 Å². The fourth-order valence-electron chi connectivity index (χ4n) is 0.474. The second-order valence-corrected chi connectivity index (χ2v) is 3.68. The van der Waals surface area contributed by atoms with Gasteiger partial charge in [-0.3, -0.25) is 0 Å². The fraction of sp³-hybridized carbons (Fsp3) is 0.875. The van der Waals surface area contributed by atoms with E-state index in [1.54, 1.807) is 6.92 Å². The molecule has 0 aromatic carbocycles. The Bertz CT molecular complexity index is 70.9. The Kier molecular flexibility index (Phi) is 85.7. The number of aliphatic hydroxyl groups is 1. The van der Waals surface area contributed by atoms with E-state index in [-0.39, 0.29) is 45.1 Å². The van der Waals surface area contributed by atoms with Gasteiger partial charge in [0.2, 0.25) is 0 Å². The van der Waals surface area contributed by atoms with Gasteiger partial charge in [0.1, 0.15) is 0 Å². The number of rotatable bonds is 4. The maximum Gasteiger partial charge on any atom is 2.00 e. The van der Waals surface area contributed by atoms with Crippen molar-refractivity contribution in [2.24, 2.45) is 5.41 Å². The second-order valence-electron chi connectivity index (χ2n) is 3.68. The van der Waals surface area contributed by atoms with Crippen LogP contribution in [0.25, 0.3) is 0 Å². The Morgan fingerprint density at radius 3 is 1.11 bits per heavy atom. The topological polar surface area (TPSA) is 20.2 Å². The first kappa shape index (κ1) is 42.8. The van der Waals surface area contributed by atoms with Gasteiger partial charge in [-0.15, -0.1) is 0 Å². The molecule has 0 rings (SSSR count). The SMILES string of the molecule is C.C.CCC(C)(CC)CO.CCCC.[CH2-]C.[CH3-].[Cr+2]. The molecule has 0 aromatic rings. The van der Waals surface area contributed by atoms with Crippen LogP contribution in [0.4, 0.5) is 0 Å². The minimum Gasteiger partial charge on any atom is -0.396 e. The van der Waals surface area contributed by atoms with E-state index in [4.69, 9.17) is 5.11 Å². The molecular weight excluding hydrogens is 260 g/mol. The van der Waals surface area contributed by atoms with Crippen LogP contribution in [-0.4, -0.2) is 11.7 Å². The summed E-state index contributed by atoms with van der Waals surface area (Å²) in [6.07, 6.45) is 4.78. The standard InChI is InChI=1S/C7H16O.C4H10.C2H5.2CH4.CH3.Cr/c1-4-7(3,5-2)6-8;1-3-4-2;1-2;;;;/h8H,4-6H2,1-3H3;3-4H2,1-2H3;1H2,2H3;2*1H4;1H3;/q;;-1;;;-1;+2. The zero-order valence-corrected chi connectivity index (χ0v) is 13.9. The first-order chi connectivity index (χ1) is 6.60. The van der Waals surface area contributed by atoms with Gasteiger partial charge in [0, 0.05) is 6.61 Å². The molecule has 0 saturated heterocycles. The molecule has 1 nitrogen and oxygen atoms in total. The molecule has 1 N–H and O–H groups in total. The number of hydrogen-bond donors (Lipinski definition) is 1. The molecule has 0 aliphatic heterocycles.